The highest BCUT2D eigenvalue weighted by Crippen LogP contribution is 2.34. The number of aliphatic hydroxyl groups is 11. The van der Waals surface area contributed by atoms with E-state index < -0.39 is 124 Å². The maximum Gasteiger partial charge on any atom is 0.220 e. The van der Waals surface area contributed by atoms with Crippen LogP contribution in [0.2, 0.25) is 0 Å². The van der Waals surface area contributed by atoms with Crippen LogP contribution in [0.15, 0.2) is 36.5 Å². The minimum absolute atomic E-state index is 0.237. The standard InChI is InChI=1S/C89H167NO18/c1-3-5-7-9-11-13-15-17-19-21-23-25-27-29-31-32-33-34-35-36-37-38-39-41-43-45-47-49-51-53-55-57-59-61-63-65-67-77(95)90-72(73(94)66-64-62-60-58-56-54-52-50-48-46-44-42-40-30-28-26-24-22-20-18-16-14-12-10-8-6-4-2)71-103-87-83(101)80(98)85(75(69-92)105-87)108-89-84(102)81(99)86(76(70-93)106-89)107-88-82(100)79(97)78(96)74(68-91)104-88/h48,50,56,58,64,66,72-76,78-89,91-94,96-102H,3-47,49,51-55,57,59-63,65,67-71H2,1-2H3,(H,90,95)/b50-48+,58-56+,66-64+. The van der Waals surface area contributed by atoms with Crippen LogP contribution >= 0.6 is 0 Å². The predicted molar refractivity (Wildman–Crippen MR) is 434 cm³/mol. The normalized spacial score (nSPS) is 25.5. The molecule has 19 heteroatoms. The van der Waals surface area contributed by atoms with E-state index in [9.17, 15) is 61.0 Å². The largest absolute Gasteiger partial charge is 0.394 e. The molecular formula is C89H167NO18. The third-order valence-corrected chi connectivity index (χ3v) is 22.7. The Bertz CT molecular complexity index is 2090. The molecule has 3 heterocycles. The Balaban J connectivity index is 1.33. The Morgan fingerprint density at radius 1 is 0.324 bits per heavy atom. The first-order chi connectivity index (χ1) is 52.8. The summed E-state index contributed by atoms with van der Waals surface area (Å²) in [6, 6.07) is -0.997. The molecule has 17 atom stereocenters. The van der Waals surface area contributed by atoms with Gasteiger partial charge in [0.25, 0.3) is 0 Å². The van der Waals surface area contributed by atoms with E-state index in [4.69, 9.17) is 28.4 Å². The molecule has 0 aromatic carbocycles. The lowest BCUT2D eigenvalue weighted by atomic mass is 9.96. The fourth-order valence-corrected chi connectivity index (χ4v) is 15.5. The smallest absolute Gasteiger partial charge is 0.220 e. The molecule has 0 aromatic rings. The van der Waals surface area contributed by atoms with Gasteiger partial charge in [-0.05, 0) is 44.9 Å². The zero-order valence-electron chi connectivity index (χ0n) is 68.6. The van der Waals surface area contributed by atoms with E-state index in [2.05, 4.69) is 43.5 Å². The van der Waals surface area contributed by atoms with Crippen LogP contribution in [0.4, 0.5) is 0 Å². The summed E-state index contributed by atoms with van der Waals surface area (Å²) in [5, 5.41) is 121. The summed E-state index contributed by atoms with van der Waals surface area (Å²) in [7, 11) is 0. The third-order valence-electron chi connectivity index (χ3n) is 22.7. The van der Waals surface area contributed by atoms with Crippen molar-refractivity contribution in [3.8, 4) is 0 Å². The van der Waals surface area contributed by atoms with Gasteiger partial charge >= 0.3 is 0 Å². The molecular weight excluding hydrogens is 1370 g/mol. The van der Waals surface area contributed by atoms with Crippen LogP contribution in [0.3, 0.4) is 0 Å². The van der Waals surface area contributed by atoms with E-state index in [1.165, 1.54) is 315 Å². The van der Waals surface area contributed by atoms with Gasteiger partial charge in [0.05, 0.1) is 38.6 Å². The number of carbonyl (C=O) groups is 1. The lowest BCUT2D eigenvalue weighted by Crippen LogP contribution is -2.66. The van der Waals surface area contributed by atoms with Crippen molar-refractivity contribution in [2.45, 2.75) is 497 Å². The number of unbranched alkanes of at least 4 members (excludes halogenated alkanes) is 54. The van der Waals surface area contributed by atoms with Crippen molar-refractivity contribution in [3.05, 3.63) is 36.5 Å². The van der Waals surface area contributed by atoms with E-state index in [1.54, 1.807) is 6.08 Å². The monoisotopic (exact) mass is 1540 g/mol. The second-order valence-electron chi connectivity index (χ2n) is 32.4. The van der Waals surface area contributed by atoms with E-state index in [-0.39, 0.29) is 18.9 Å². The van der Waals surface area contributed by atoms with Gasteiger partial charge in [0, 0.05) is 6.42 Å². The number of allylic oxidation sites excluding steroid dienone is 5. The summed E-state index contributed by atoms with van der Waals surface area (Å²) in [5.74, 6) is -0.281. The minimum atomic E-state index is -1.98. The maximum atomic E-state index is 13.5. The van der Waals surface area contributed by atoms with Crippen LogP contribution in [-0.2, 0) is 33.2 Å². The summed E-state index contributed by atoms with van der Waals surface area (Å²) in [5.41, 5.74) is 0. The molecule has 636 valence electrons. The maximum absolute atomic E-state index is 13.5. The van der Waals surface area contributed by atoms with Crippen LogP contribution in [0.1, 0.15) is 393 Å². The van der Waals surface area contributed by atoms with E-state index in [1.807, 2.05) is 6.08 Å². The minimum Gasteiger partial charge on any atom is -0.394 e. The van der Waals surface area contributed by atoms with E-state index >= 15 is 0 Å². The number of carbonyl (C=O) groups excluding carboxylic acids is 1. The van der Waals surface area contributed by atoms with Crippen molar-refractivity contribution in [2.75, 3.05) is 26.4 Å². The van der Waals surface area contributed by atoms with Gasteiger partial charge in [0.1, 0.15) is 73.2 Å². The molecule has 3 aliphatic heterocycles. The van der Waals surface area contributed by atoms with Gasteiger partial charge in [-0.2, -0.15) is 0 Å². The second kappa shape index (κ2) is 69.3. The van der Waals surface area contributed by atoms with Crippen molar-refractivity contribution in [1.82, 2.24) is 5.32 Å². The van der Waals surface area contributed by atoms with E-state index in [0.717, 1.165) is 44.9 Å². The fraction of sp³-hybridized carbons (Fsp3) is 0.921. The highest BCUT2D eigenvalue weighted by atomic mass is 16.8. The predicted octanol–water partition coefficient (Wildman–Crippen LogP) is 17.0. The van der Waals surface area contributed by atoms with Crippen LogP contribution < -0.4 is 5.32 Å². The van der Waals surface area contributed by atoms with Gasteiger partial charge in [-0.15, -0.1) is 0 Å². The summed E-state index contributed by atoms with van der Waals surface area (Å²) in [6.07, 6.45) is 61.7. The first kappa shape index (κ1) is 100. The number of aliphatic hydroxyl groups excluding tert-OH is 11. The Morgan fingerprint density at radius 3 is 0.926 bits per heavy atom. The van der Waals surface area contributed by atoms with Crippen molar-refractivity contribution in [3.63, 3.8) is 0 Å². The fourth-order valence-electron chi connectivity index (χ4n) is 15.5. The van der Waals surface area contributed by atoms with E-state index in [0.29, 0.717) is 12.8 Å². The first-order valence-corrected chi connectivity index (χ1v) is 45.2. The molecule has 108 heavy (non-hydrogen) atoms. The number of nitrogens with one attached hydrogen (secondary N) is 1. The molecule has 0 aromatic heterocycles. The lowest BCUT2D eigenvalue weighted by molar-refractivity contribution is -0.379. The number of ether oxygens (including phenoxy) is 6. The van der Waals surface area contributed by atoms with Crippen LogP contribution in [-0.4, -0.2) is 193 Å². The van der Waals surface area contributed by atoms with Gasteiger partial charge in [0.2, 0.25) is 5.91 Å². The topological polar surface area (TPSA) is 307 Å². The average molecular weight is 1540 g/mol. The number of amides is 1. The quantitative estimate of drug-likeness (QED) is 0.0199. The molecule has 17 unspecified atom stereocenters. The molecule has 0 radical (unpaired) electrons. The number of rotatable bonds is 74. The molecule has 3 aliphatic rings. The SMILES string of the molecule is CCCCCCCCCCCCCCCCCCC/C=C/CC/C=C/CC/C=C/C(O)C(COC1OC(CO)C(OC2OC(CO)C(OC3OC(CO)C(O)C(O)C3O)C(O)C2O)C(O)C1O)NC(=O)CCCCCCCCCCCCCCCCCCCCCCCCCCCCCCCCCCCCCC. The summed E-state index contributed by atoms with van der Waals surface area (Å²) in [4.78, 5) is 13.5. The number of hydrogen-bond donors (Lipinski definition) is 12. The Morgan fingerprint density at radius 2 is 0.593 bits per heavy atom. The van der Waals surface area contributed by atoms with Gasteiger partial charge in [0.15, 0.2) is 18.9 Å². The van der Waals surface area contributed by atoms with Crippen LogP contribution in [0.5, 0.6) is 0 Å². The average Bonchev–Trinajstić information content (AvgIpc) is 0.776. The lowest BCUT2D eigenvalue weighted by Gasteiger charge is -2.48. The summed E-state index contributed by atoms with van der Waals surface area (Å²) < 4.78 is 34.5. The number of hydrogen-bond acceptors (Lipinski definition) is 18. The van der Waals surface area contributed by atoms with Gasteiger partial charge < -0.3 is 89.9 Å². The first-order valence-electron chi connectivity index (χ1n) is 45.2. The second-order valence-corrected chi connectivity index (χ2v) is 32.4. The Labute approximate surface area is 657 Å². The van der Waals surface area contributed by atoms with Crippen molar-refractivity contribution in [1.29, 1.82) is 0 Å². The Kier molecular flexibility index (Phi) is 64.3. The van der Waals surface area contributed by atoms with Gasteiger partial charge in [-0.1, -0.05) is 378 Å². The molecule has 0 bridgehead atoms. The van der Waals surface area contributed by atoms with Crippen molar-refractivity contribution in [2.24, 2.45) is 0 Å². The zero-order valence-corrected chi connectivity index (χ0v) is 68.6. The van der Waals surface area contributed by atoms with Gasteiger partial charge in [-0.25, -0.2) is 0 Å². The molecule has 0 spiro atoms. The Hall–Kier alpha value is -1.99. The molecule has 12 N–H and O–H groups in total. The highest BCUT2D eigenvalue weighted by molar-refractivity contribution is 5.76. The highest BCUT2D eigenvalue weighted by Gasteiger charge is 2.54. The molecule has 3 fully saturated rings. The summed E-state index contributed by atoms with van der Waals surface area (Å²) >= 11 is 0. The molecule has 0 aliphatic carbocycles. The van der Waals surface area contributed by atoms with Crippen molar-refractivity contribution < 1.29 is 89.4 Å². The van der Waals surface area contributed by atoms with Gasteiger partial charge in [-0.3, -0.25) is 4.79 Å². The van der Waals surface area contributed by atoms with Crippen LogP contribution in [0, 0.1) is 0 Å². The molecule has 3 rings (SSSR count). The van der Waals surface area contributed by atoms with Crippen LogP contribution in [0.25, 0.3) is 0 Å². The third kappa shape index (κ3) is 47.8. The summed E-state index contributed by atoms with van der Waals surface area (Å²) in [6.45, 7) is 1.78. The molecule has 3 saturated heterocycles. The molecule has 1 amide bonds. The molecule has 19 nitrogen and oxygen atoms in total. The molecule has 0 saturated carbocycles. The van der Waals surface area contributed by atoms with Crippen molar-refractivity contribution >= 4 is 5.91 Å². The zero-order chi connectivity index (χ0) is 78.1.